The molecule has 1 aromatic carbocycles. The SMILES string of the molecule is CCC(=O)n1cc(-c2ccccc2)nn1. The molecular formula is C11H11N3O. The third-order valence-electron chi connectivity index (χ3n) is 2.12. The molecule has 1 aromatic heterocycles. The van der Waals surface area contributed by atoms with E-state index in [0.717, 1.165) is 11.3 Å². The summed E-state index contributed by atoms with van der Waals surface area (Å²) in [6.07, 6.45) is 2.08. The van der Waals surface area contributed by atoms with Gasteiger partial charge in [0.05, 0.1) is 6.20 Å². The van der Waals surface area contributed by atoms with Gasteiger partial charge in [-0.1, -0.05) is 42.5 Å². The topological polar surface area (TPSA) is 47.8 Å². The van der Waals surface area contributed by atoms with Crippen LogP contribution in [-0.4, -0.2) is 20.9 Å². The Labute approximate surface area is 87.5 Å². The summed E-state index contributed by atoms with van der Waals surface area (Å²) in [4.78, 5) is 11.3. The van der Waals surface area contributed by atoms with Crippen molar-refractivity contribution in [2.45, 2.75) is 13.3 Å². The number of aromatic nitrogens is 3. The standard InChI is InChI=1S/C11H11N3O/c1-2-11(15)14-8-10(12-13-14)9-6-4-3-5-7-9/h3-8H,2H2,1H3. The third-order valence-corrected chi connectivity index (χ3v) is 2.12. The summed E-state index contributed by atoms with van der Waals surface area (Å²) in [5.41, 5.74) is 1.69. The van der Waals surface area contributed by atoms with E-state index in [0.29, 0.717) is 6.42 Å². The van der Waals surface area contributed by atoms with Crippen molar-refractivity contribution < 1.29 is 4.79 Å². The van der Waals surface area contributed by atoms with Crippen LogP contribution in [0.3, 0.4) is 0 Å². The Bertz CT molecular complexity index is 462. The Balaban J connectivity index is 2.32. The van der Waals surface area contributed by atoms with Gasteiger partial charge in [0.2, 0.25) is 5.91 Å². The first-order chi connectivity index (χ1) is 7.31. The lowest BCUT2D eigenvalue weighted by Gasteiger charge is -1.93. The number of benzene rings is 1. The molecule has 2 aromatic rings. The van der Waals surface area contributed by atoms with E-state index in [1.54, 1.807) is 13.1 Å². The van der Waals surface area contributed by atoms with Gasteiger partial charge in [-0.3, -0.25) is 4.79 Å². The maximum absolute atomic E-state index is 11.3. The summed E-state index contributed by atoms with van der Waals surface area (Å²) in [6, 6.07) is 9.66. The van der Waals surface area contributed by atoms with Crippen molar-refractivity contribution in [2.24, 2.45) is 0 Å². The number of rotatable bonds is 2. The van der Waals surface area contributed by atoms with Gasteiger partial charge < -0.3 is 0 Å². The van der Waals surface area contributed by atoms with Gasteiger partial charge in [-0.05, 0) is 0 Å². The van der Waals surface area contributed by atoms with Gasteiger partial charge >= 0.3 is 0 Å². The van der Waals surface area contributed by atoms with E-state index < -0.39 is 0 Å². The van der Waals surface area contributed by atoms with E-state index in [2.05, 4.69) is 10.3 Å². The molecule has 0 radical (unpaired) electrons. The normalized spacial score (nSPS) is 10.2. The Morgan fingerprint density at radius 2 is 2.07 bits per heavy atom. The molecule has 0 aliphatic carbocycles. The molecule has 76 valence electrons. The lowest BCUT2D eigenvalue weighted by atomic mass is 10.2. The van der Waals surface area contributed by atoms with E-state index in [1.165, 1.54) is 4.68 Å². The van der Waals surface area contributed by atoms with Gasteiger partial charge in [0.25, 0.3) is 0 Å². The largest absolute Gasteiger partial charge is 0.273 e. The van der Waals surface area contributed by atoms with Gasteiger partial charge in [-0.15, -0.1) is 5.10 Å². The summed E-state index contributed by atoms with van der Waals surface area (Å²) in [5.74, 6) is -0.0512. The van der Waals surface area contributed by atoms with Gasteiger partial charge in [-0.25, -0.2) is 0 Å². The number of carbonyl (C=O) groups is 1. The van der Waals surface area contributed by atoms with E-state index in [-0.39, 0.29) is 5.91 Å². The van der Waals surface area contributed by atoms with Crippen LogP contribution >= 0.6 is 0 Å². The van der Waals surface area contributed by atoms with Crippen LogP contribution in [0.2, 0.25) is 0 Å². The fraction of sp³-hybridized carbons (Fsp3) is 0.182. The average molecular weight is 201 g/mol. The molecule has 0 N–H and O–H groups in total. The Kier molecular flexibility index (Phi) is 2.58. The summed E-state index contributed by atoms with van der Waals surface area (Å²) in [6.45, 7) is 1.80. The molecule has 4 nitrogen and oxygen atoms in total. The highest BCUT2D eigenvalue weighted by atomic mass is 16.2. The van der Waals surface area contributed by atoms with Crippen molar-refractivity contribution >= 4 is 5.91 Å². The first-order valence-electron chi connectivity index (χ1n) is 4.82. The van der Waals surface area contributed by atoms with Crippen LogP contribution in [0.5, 0.6) is 0 Å². The lowest BCUT2D eigenvalue weighted by molar-refractivity contribution is 0.0890. The zero-order valence-corrected chi connectivity index (χ0v) is 8.42. The molecule has 0 atom stereocenters. The summed E-state index contributed by atoms with van der Waals surface area (Å²) >= 11 is 0. The number of hydrogen-bond donors (Lipinski definition) is 0. The predicted octanol–water partition coefficient (Wildman–Crippen LogP) is 2.00. The molecular weight excluding hydrogens is 190 g/mol. The van der Waals surface area contributed by atoms with Crippen molar-refractivity contribution in [1.82, 2.24) is 15.0 Å². The van der Waals surface area contributed by atoms with Gasteiger partial charge in [0.15, 0.2) is 0 Å². The summed E-state index contributed by atoms with van der Waals surface area (Å²) < 4.78 is 1.28. The minimum Gasteiger partial charge on any atom is -0.273 e. The van der Waals surface area contributed by atoms with Gasteiger partial charge in [-0.2, -0.15) is 4.68 Å². The highest BCUT2D eigenvalue weighted by Crippen LogP contribution is 2.14. The van der Waals surface area contributed by atoms with E-state index >= 15 is 0 Å². The fourth-order valence-electron chi connectivity index (χ4n) is 1.29. The number of hydrogen-bond acceptors (Lipinski definition) is 3. The molecule has 0 saturated carbocycles. The number of nitrogens with zero attached hydrogens (tertiary/aromatic N) is 3. The second-order valence-electron chi connectivity index (χ2n) is 3.16. The predicted molar refractivity (Wildman–Crippen MR) is 56.4 cm³/mol. The Morgan fingerprint density at radius 3 is 2.73 bits per heavy atom. The fourth-order valence-corrected chi connectivity index (χ4v) is 1.29. The Morgan fingerprint density at radius 1 is 1.33 bits per heavy atom. The molecule has 0 spiro atoms. The first-order valence-corrected chi connectivity index (χ1v) is 4.82. The molecule has 1 heterocycles. The smallest absolute Gasteiger partial charge is 0.248 e. The maximum atomic E-state index is 11.3. The minimum atomic E-state index is -0.0512. The monoisotopic (exact) mass is 201 g/mol. The van der Waals surface area contributed by atoms with Crippen LogP contribution in [0.25, 0.3) is 11.3 Å². The van der Waals surface area contributed by atoms with Crippen molar-refractivity contribution in [3.63, 3.8) is 0 Å². The molecule has 4 heteroatoms. The number of carbonyl (C=O) groups excluding carboxylic acids is 1. The van der Waals surface area contributed by atoms with E-state index in [1.807, 2.05) is 30.3 Å². The third kappa shape index (κ3) is 1.93. The van der Waals surface area contributed by atoms with Crippen molar-refractivity contribution in [3.8, 4) is 11.3 Å². The second kappa shape index (κ2) is 4.04. The second-order valence-corrected chi connectivity index (χ2v) is 3.16. The van der Waals surface area contributed by atoms with Gasteiger partial charge in [0, 0.05) is 12.0 Å². The zero-order chi connectivity index (χ0) is 10.7. The van der Waals surface area contributed by atoms with Crippen LogP contribution in [0.1, 0.15) is 18.1 Å². The van der Waals surface area contributed by atoms with Crippen molar-refractivity contribution in [1.29, 1.82) is 0 Å². The molecule has 15 heavy (non-hydrogen) atoms. The molecule has 0 aliphatic rings. The van der Waals surface area contributed by atoms with Crippen molar-refractivity contribution in [3.05, 3.63) is 36.5 Å². The van der Waals surface area contributed by atoms with Crippen LogP contribution in [0.15, 0.2) is 36.5 Å². The van der Waals surface area contributed by atoms with Crippen LogP contribution in [0.4, 0.5) is 0 Å². The van der Waals surface area contributed by atoms with Crippen LogP contribution in [0, 0.1) is 0 Å². The van der Waals surface area contributed by atoms with E-state index in [4.69, 9.17) is 0 Å². The average Bonchev–Trinajstić information content (AvgIpc) is 2.78. The van der Waals surface area contributed by atoms with Crippen LogP contribution < -0.4 is 0 Å². The Hall–Kier alpha value is -1.97. The molecule has 0 unspecified atom stereocenters. The minimum absolute atomic E-state index is 0.0512. The first kappa shape index (κ1) is 9.58. The summed E-state index contributed by atoms with van der Waals surface area (Å²) in [5, 5.41) is 7.73. The van der Waals surface area contributed by atoms with Gasteiger partial charge in [0.1, 0.15) is 5.69 Å². The molecule has 0 amide bonds. The molecule has 0 fully saturated rings. The highest BCUT2D eigenvalue weighted by molar-refractivity contribution is 5.78. The molecule has 0 aliphatic heterocycles. The molecule has 0 bridgehead atoms. The van der Waals surface area contributed by atoms with E-state index in [9.17, 15) is 4.79 Å². The molecule has 0 saturated heterocycles. The van der Waals surface area contributed by atoms with Crippen molar-refractivity contribution in [2.75, 3.05) is 0 Å². The lowest BCUT2D eigenvalue weighted by Crippen LogP contribution is -2.09. The zero-order valence-electron chi connectivity index (χ0n) is 8.42. The van der Waals surface area contributed by atoms with Crippen LogP contribution in [-0.2, 0) is 0 Å². The maximum Gasteiger partial charge on any atom is 0.248 e. The summed E-state index contributed by atoms with van der Waals surface area (Å²) in [7, 11) is 0. The quantitative estimate of drug-likeness (QED) is 0.746. The molecule has 2 rings (SSSR count). The highest BCUT2D eigenvalue weighted by Gasteiger charge is 2.07.